The lowest BCUT2D eigenvalue weighted by molar-refractivity contribution is -0.121. The molecule has 7 rings (SSSR count). The van der Waals surface area contributed by atoms with Gasteiger partial charge < -0.3 is 57.5 Å². The molecule has 19 heteroatoms. The van der Waals surface area contributed by atoms with Gasteiger partial charge in [-0.25, -0.2) is 0 Å². The Morgan fingerprint density at radius 1 is 0.550 bits per heavy atom. The second-order valence-electron chi connectivity index (χ2n) is 14.9. The summed E-state index contributed by atoms with van der Waals surface area (Å²) in [6.45, 7) is 17.4. The molecule has 60 heavy (non-hydrogen) atoms. The minimum atomic E-state index is 0. The average Bonchev–Trinajstić information content (AvgIpc) is 3.89. The van der Waals surface area contributed by atoms with E-state index < -0.39 is 0 Å². The van der Waals surface area contributed by atoms with Crippen LogP contribution in [0.5, 0.6) is 0 Å². The van der Waals surface area contributed by atoms with Crippen LogP contribution in [0, 0.1) is 0 Å². The van der Waals surface area contributed by atoms with Gasteiger partial charge in [0.2, 0.25) is 17.7 Å². The molecule has 0 unspecified atom stereocenters. The lowest BCUT2D eigenvalue weighted by Gasteiger charge is -2.18. The molecule has 3 fully saturated rings. The van der Waals surface area contributed by atoms with Crippen LogP contribution in [-0.2, 0) is 25.7 Å². The number of nitrogens with one attached hydrogen (secondary N) is 5. The zero-order chi connectivity index (χ0) is 42.9. The Morgan fingerprint density at radius 3 is 1.80 bits per heavy atom. The molecule has 0 saturated carbocycles. The number of likely N-dealkylation sites (N-methyl/N-ethyl adjacent to an activating group) is 3. The largest absolute Gasteiger partial charge is 0.484 e. The zero-order valence-electron chi connectivity index (χ0n) is 36.9. The number of amidine groups is 2. The van der Waals surface area contributed by atoms with Gasteiger partial charge >= 0.3 is 0 Å². The van der Waals surface area contributed by atoms with Gasteiger partial charge in [0.15, 0.2) is 5.90 Å². The van der Waals surface area contributed by atoms with Crippen molar-refractivity contribution in [3.05, 3.63) is 35.9 Å². The normalized spacial score (nSPS) is 20.9. The number of carbonyl (C=O) groups is 3. The van der Waals surface area contributed by atoms with Crippen LogP contribution in [0.1, 0.15) is 44.1 Å². The molecule has 3 amide bonds. The number of aliphatic imine (C=N–C) groups is 3. The van der Waals surface area contributed by atoms with Crippen molar-refractivity contribution in [2.45, 2.75) is 45.1 Å². The van der Waals surface area contributed by atoms with Crippen molar-refractivity contribution in [1.82, 2.24) is 46.2 Å². The number of nitrogens with zero attached hydrogens (tertiary/aromatic N) is 7. The molecule has 6 heterocycles. The summed E-state index contributed by atoms with van der Waals surface area (Å²) >= 11 is 0. The number of nitrogens with two attached hydrogens (primary N) is 2. The Morgan fingerprint density at radius 2 is 1.08 bits per heavy atom. The maximum absolute atomic E-state index is 11.1. The summed E-state index contributed by atoms with van der Waals surface area (Å²) in [5.41, 5.74) is 12.3. The van der Waals surface area contributed by atoms with Gasteiger partial charge in [0.1, 0.15) is 0 Å². The van der Waals surface area contributed by atoms with E-state index in [1.165, 1.54) is 5.56 Å². The third kappa shape index (κ3) is 29.3. The quantitative estimate of drug-likeness (QED) is 0.197. The first kappa shape index (κ1) is 54.1. The highest BCUT2D eigenvalue weighted by Crippen LogP contribution is 2.06. The molecule has 0 bridgehead atoms. The minimum Gasteiger partial charge on any atom is -0.484 e. The monoisotopic (exact) mass is 865 g/mol. The molecule has 0 aliphatic carbocycles. The van der Waals surface area contributed by atoms with Crippen LogP contribution in [0.25, 0.3) is 0 Å². The predicted octanol–water partition coefficient (Wildman–Crippen LogP) is -0.653. The van der Waals surface area contributed by atoms with Crippen LogP contribution in [0.15, 0.2) is 45.3 Å². The van der Waals surface area contributed by atoms with Gasteiger partial charge in [-0.15, -0.1) is 12.4 Å². The fraction of sp³-hybridized carbons (Fsp3) is 0.707. The molecule has 0 atom stereocenters. The van der Waals surface area contributed by atoms with E-state index in [1.54, 1.807) is 7.11 Å². The minimum absolute atomic E-state index is 0. The van der Waals surface area contributed by atoms with E-state index in [2.05, 4.69) is 99.5 Å². The van der Waals surface area contributed by atoms with E-state index in [0.29, 0.717) is 19.3 Å². The van der Waals surface area contributed by atoms with Crippen LogP contribution >= 0.6 is 12.4 Å². The van der Waals surface area contributed by atoms with Crippen LogP contribution < -0.4 is 38.1 Å². The number of hydrogen-bond acceptors (Lipinski definition) is 15. The Hall–Kier alpha value is -3.91. The first-order valence-corrected chi connectivity index (χ1v) is 21.2. The molecule has 1 aromatic rings. The van der Waals surface area contributed by atoms with Gasteiger partial charge in [-0.3, -0.25) is 34.3 Å². The van der Waals surface area contributed by atoms with Gasteiger partial charge in [0, 0.05) is 143 Å². The molecule has 0 aromatic heterocycles. The second kappa shape index (κ2) is 34.8. The van der Waals surface area contributed by atoms with Crippen molar-refractivity contribution in [2.75, 3.05) is 146 Å². The van der Waals surface area contributed by atoms with Gasteiger partial charge in [-0.1, -0.05) is 30.3 Å². The standard InChI is InChI=1S/C12H16N2O.C7H14N2O.C6H13N3.C6H12N2O.C5H11N3.C5H10N2O.ClH/c15-12-6-8-14(9-7-13-12)10-11-4-2-1-3-5-11;1-9-5-3-7(10-2)8-4-6-9;1-9-4-2-6(7)8-3-5-9;1-8-4-2-6(9)7-3-5-8;6-5-1-2-7-3-4-8-5;8-5-1-2-6-3-4-7-5;/h1-5H,6-10H2,(H,13,15);3-6H2,1-2H3;2-5H2,1H3,(H2,7,8);2-5H2,1H3,(H,7,9);7H,1-4H2,(H2,6,8);6H,1-4H2,(H,7,8);1H. The van der Waals surface area contributed by atoms with Crippen molar-refractivity contribution in [2.24, 2.45) is 26.4 Å². The molecule has 18 nitrogen and oxygen atoms in total. The molecular weight excluding hydrogens is 788 g/mol. The first-order chi connectivity index (χ1) is 28.5. The zero-order valence-corrected chi connectivity index (χ0v) is 37.7. The molecular formula is C41H77ClN14O4. The summed E-state index contributed by atoms with van der Waals surface area (Å²) in [5, 5.41) is 14.7. The molecule has 0 radical (unpaired) electrons. The summed E-state index contributed by atoms with van der Waals surface area (Å²) in [6.07, 6.45) is 4.67. The third-order valence-electron chi connectivity index (χ3n) is 9.76. The van der Waals surface area contributed by atoms with Gasteiger partial charge in [-0.05, 0) is 26.7 Å². The topological polar surface area (TPSA) is 223 Å². The highest BCUT2D eigenvalue weighted by molar-refractivity contribution is 5.85. The number of methoxy groups -OCH3 is 1. The van der Waals surface area contributed by atoms with Crippen molar-refractivity contribution >= 4 is 47.7 Å². The molecule has 1 aromatic carbocycles. The molecule has 342 valence electrons. The van der Waals surface area contributed by atoms with Gasteiger partial charge in [0.25, 0.3) is 0 Å². The van der Waals surface area contributed by atoms with Crippen LogP contribution in [-0.4, -0.2) is 201 Å². The van der Waals surface area contributed by atoms with Crippen molar-refractivity contribution in [3.63, 3.8) is 0 Å². The Labute approximate surface area is 365 Å². The molecule has 6 aliphatic rings. The molecule has 0 spiro atoms. The van der Waals surface area contributed by atoms with E-state index >= 15 is 0 Å². The fourth-order valence-electron chi connectivity index (χ4n) is 5.95. The molecule has 3 saturated heterocycles. The maximum Gasteiger partial charge on any atom is 0.221 e. The second-order valence-corrected chi connectivity index (χ2v) is 14.9. The summed E-state index contributed by atoms with van der Waals surface area (Å²) in [7, 11) is 7.91. The Balaban J connectivity index is 0.000000365. The number of amides is 3. The number of ether oxygens (including phenoxy) is 1. The van der Waals surface area contributed by atoms with Crippen molar-refractivity contribution < 1.29 is 19.1 Å². The summed E-state index contributed by atoms with van der Waals surface area (Å²) in [5.74, 6) is 3.00. The number of rotatable bonds is 2. The van der Waals surface area contributed by atoms with Crippen LogP contribution in [0.2, 0.25) is 0 Å². The van der Waals surface area contributed by atoms with E-state index in [0.717, 1.165) is 161 Å². The number of hydrogen-bond donors (Lipinski definition) is 7. The lowest BCUT2D eigenvalue weighted by atomic mass is 10.2. The smallest absolute Gasteiger partial charge is 0.221 e. The van der Waals surface area contributed by atoms with Crippen LogP contribution in [0.4, 0.5) is 0 Å². The summed E-state index contributed by atoms with van der Waals surface area (Å²) < 4.78 is 5.04. The number of carbonyl (C=O) groups excluding carboxylic acids is 3. The molecule has 9 N–H and O–H groups in total. The maximum atomic E-state index is 11.1. The highest BCUT2D eigenvalue weighted by atomic mass is 35.5. The highest BCUT2D eigenvalue weighted by Gasteiger charge is 2.13. The van der Waals surface area contributed by atoms with Gasteiger partial charge in [-0.2, -0.15) is 0 Å². The van der Waals surface area contributed by atoms with E-state index in [-0.39, 0.29) is 30.1 Å². The molecule has 6 aliphatic heterocycles. The fourth-order valence-corrected chi connectivity index (χ4v) is 5.95. The first-order valence-electron chi connectivity index (χ1n) is 21.2. The Kier molecular flexibility index (Phi) is 31.4. The number of benzene rings is 1. The summed E-state index contributed by atoms with van der Waals surface area (Å²) in [6, 6.07) is 10.4. The van der Waals surface area contributed by atoms with Crippen molar-refractivity contribution in [3.8, 4) is 0 Å². The summed E-state index contributed by atoms with van der Waals surface area (Å²) in [4.78, 5) is 53.8. The van der Waals surface area contributed by atoms with Gasteiger partial charge in [0.05, 0.1) is 38.4 Å². The lowest BCUT2D eigenvalue weighted by Crippen LogP contribution is -2.28. The predicted molar refractivity (Wildman–Crippen MR) is 246 cm³/mol. The van der Waals surface area contributed by atoms with E-state index in [1.807, 2.05) is 13.1 Å². The third-order valence-corrected chi connectivity index (χ3v) is 9.76. The van der Waals surface area contributed by atoms with E-state index in [9.17, 15) is 14.4 Å². The Bertz CT molecular complexity index is 1390. The number of halogens is 1. The van der Waals surface area contributed by atoms with Crippen molar-refractivity contribution in [1.29, 1.82) is 0 Å². The van der Waals surface area contributed by atoms with E-state index in [4.69, 9.17) is 16.2 Å². The SMILES string of the molecule is CN1CCN=C(N)CC1.CN1CCNC(=O)CC1.COC1=NCCN(C)CC1.Cl.NC1=NCCNCC1.O=C1CCN(Cc2ccccc2)CCN1.O=C1CCNCCN1. The average molecular weight is 866 g/mol. The van der Waals surface area contributed by atoms with Crippen LogP contribution in [0.3, 0.4) is 0 Å².